The molecule has 0 heterocycles. The maximum atomic E-state index is 3.65. The molecule has 98 valence electrons. The van der Waals surface area contributed by atoms with Gasteiger partial charge >= 0.3 is 0 Å². The van der Waals surface area contributed by atoms with Crippen molar-refractivity contribution in [3.8, 4) is 0 Å². The van der Waals surface area contributed by atoms with E-state index in [1.807, 2.05) is 11.8 Å². The van der Waals surface area contributed by atoms with Gasteiger partial charge in [-0.15, -0.1) is 0 Å². The molecule has 0 radical (unpaired) electrons. The van der Waals surface area contributed by atoms with Crippen LogP contribution in [0.1, 0.15) is 34.1 Å². The molecule has 0 saturated heterocycles. The monoisotopic (exact) mass is 309 g/mol. The first-order chi connectivity index (χ1) is 7.32. The zero-order chi connectivity index (χ0) is 12.8. The Labute approximate surface area is 115 Å². The molecule has 0 fully saturated rings. The Balaban J connectivity index is 4.14. The van der Waals surface area contributed by atoms with Crippen molar-refractivity contribution in [1.82, 2.24) is 4.90 Å². The number of thioether (sulfide) groups is 1. The van der Waals surface area contributed by atoms with Gasteiger partial charge in [-0.2, -0.15) is 11.8 Å². The Bertz CT molecular complexity index is 179. The quantitative estimate of drug-likeness (QED) is 0.651. The second-order valence-corrected chi connectivity index (χ2v) is 7.42. The molecule has 2 unspecified atom stereocenters. The van der Waals surface area contributed by atoms with Gasteiger partial charge in [-0.1, -0.05) is 36.7 Å². The summed E-state index contributed by atoms with van der Waals surface area (Å²) < 4.78 is 0. The van der Waals surface area contributed by atoms with Crippen molar-refractivity contribution in [2.24, 2.45) is 11.3 Å². The predicted molar refractivity (Wildman–Crippen MR) is 81.8 cm³/mol. The highest BCUT2D eigenvalue weighted by Crippen LogP contribution is 2.28. The van der Waals surface area contributed by atoms with Gasteiger partial charge in [0.1, 0.15) is 0 Å². The molecule has 0 aromatic heterocycles. The molecule has 0 aromatic rings. The van der Waals surface area contributed by atoms with Gasteiger partial charge in [0.15, 0.2) is 0 Å². The third-order valence-electron chi connectivity index (χ3n) is 3.41. The Morgan fingerprint density at radius 3 is 2.25 bits per heavy atom. The van der Waals surface area contributed by atoms with E-state index in [2.05, 4.69) is 61.8 Å². The molecule has 0 N–H and O–H groups in total. The summed E-state index contributed by atoms with van der Waals surface area (Å²) in [6.07, 6.45) is 3.47. The molecule has 0 rings (SSSR count). The summed E-state index contributed by atoms with van der Waals surface area (Å²) in [6.45, 7) is 10.5. The Kier molecular flexibility index (Phi) is 8.39. The van der Waals surface area contributed by atoms with Gasteiger partial charge in [0, 0.05) is 17.9 Å². The van der Waals surface area contributed by atoms with Crippen molar-refractivity contribution in [1.29, 1.82) is 0 Å². The van der Waals surface area contributed by atoms with Gasteiger partial charge in [0.2, 0.25) is 0 Å². The van der Waals surface area contributed by atoms with Gasteiger partial charge in [0.05, 0.1) is 0 Å². The SMILES string of the molecule is CSCCC(C)N(C)CC(CBr)C(C)(C)C. The fourth-order valence-electron chi connectivity index (χ4n) is 1.59. The lowest BCUT2D eigenvalue weighted by molar-refractivity contribution is 0.156. The van der Waals surface area contributed by atoms with Crippen LogP contribution in [-0.2, 0) is 0 Å². The second-order valence-electron chi connectivity index (χ2n) is 5.79. The second kappa shape index (κ2) is 7.99. The van der Waals surface area contributed by atoms with Crippen LogP contribution in [0, 0.1) is 11.3 Å². The molecule has 0 aromatic carbocycles. The van der Waals surface area contributed by atoms with Crippen LogP contribution in [0.3, 0.4) is 0 Å². The number of hydrogen-bond acceptors (Lipinski definition) is 2. The first-order valence-electron chi connectivity index (χ1n) is 6.08. The van der Waals surface area contributed by atoms with E-state index in [0.29, 0.717) is 17.4 Å². The van der Waals surface area contributed by atoms with Crippen molar-refractivity contribution in [3.63, 3.8) is 0 Å². The fourth-order valence-corrected chi connectivity index (χ4v) is 3.34. The maximum Gasteiger partial charge on any atom is 0.00768 e. The van der Waals surface area contributed by atoms with E-state index < -0.39 is 0 Å². The largest absolute Gasteiger partial charge is 0.303 e. The van der Waals surface area contributed by atoms with Crippen molar-refractivity contribution in [2.45, 2.75) is 40.2 Å². The van der Waals surface area contributed by atoms with Crippen LogP contribution in [0.15, 0.2) is 0 Å². The summed E-state index contributed by atoms with van der Waals surface area (Å²) in [5, 5.41) is 1.09. The Hall–Kier alpha value is 0.790. The molecule has 0 saturated carbocycles. The lowest BCUT2D eigenvalue weighted by Gasteiger charge is -2.35. The first-order valence-corrected chi connectivity index (χ1v) is 8.59. The van der Waals surface area contributed by atoms with Gasteiger partial charge in [0.25, 0.3) is 0 Å². The maximum absolute atomic E-state index is 3.65. The predicted octanol–water partition coefficient (Wildman–Crippen LogP) is 4.12. The molecule has 16 heavy (non-hydrogen) atoms. The van der Waals surface area contributed by atoms with E-state index in [9.17, 15) is 0 Å². The molecule has 0 aliphatic rings. The number of halogens is 1. The minimum Gasteiger partial charge on any atom is -0.303 e. The van der Waals surface area contributed by atoms with Gasteiger partial charge in [-0.05, 0) is 43.7 Å². The van der Waals surface area contributed by atoms with E-state index in [1.165, 1.54) is 18.7 Å². The zero-order valence-electron chi connectivity index (χ0n) is 11.7. The van der Waals surface area contributed by atoms with E-state index in [1.54, 1.807) is 0 Å². The molecule has 3 heteroatoms. The molecule has 0 amide bonds. The normalized spacial score (nSPS) is 16.5. The number of hydrogen-bond donors (Lipinski definition) is 0. The molecule has 2 atom stereocenters. The minimum atomic E-state index is 0.386. The van der Waals surface area contributed by atoms with Crippen molar-refractivity contribution >= 4 is 27.7 Å². The summed E-state index contributed by atoms with van der Waals surface area (Å²) in [6, 6.07) is 0.691. The number of nitrogens with zero attached hydrogens (tertiary/aromatic N) is 1. The molecular formula is C13H28BrNS. The summed E-state index contributed by atoms with van der Waals surface area (Å²) in [4.78, 5) is 2.51. The number of rotatable bonds is 7. The topological polar surface area (TPSA) is 3.24 Å². The highest BCUT2D eigenvalue weighted by atomic mass is 79.9. The highest BCUT2D eigenvalue weighted by molar-refractivity contribution is 9.09. The third-order valence-corrected chi connectivity index (χ3v) is 4.84. The first kappa shape index (κ1) is 16.8. The van der Waals surface area contributed by atoms with Crippen molar-refractivity contribution < 1.29 is 0 Å². The number of alkyl halides is 1. The van der Waals surface area contributed by atoms with Gasteiger partial charge in [-0.25, -0.2) is 0 Å². The van der Waals surface area contributed by atoms with E-state index in [0.717, 1.165) is 5.33 Å². The van der Waals surface area contributed by atoms with Crippen LogP contribution in [0.4, 0.5) is 0 Å². The van der Waals surface area contributed by atoms with E-state index >= 15 is 0 Å². The molecule has 0 aliphatic carbocycles. The van der Waals surface area contributed by atoms with Crippen LogP contribution in [0.25, 0.3) is 0 Å². The van der Waals surface area contributed by atoms with Gasteiger partial charge in [-0.3, -0.25) is 0 Å². The van der Waals surface area contributed by atoms with Gasteiger partial charge < -0.3 is 4.90 Å². The Morgan fingerprint density at radius 2 is 1.88 bits per heavy atom. The summed E-state index contributed by atoms with van der Waals surface area (Å²) in [5.41, 5.74) is 0.386. The van der Waals surface area contributed by atoms with Crippen LogP contribution < -0.4 is 0 Å². The summed E-state index contributed by atoms with van der Waals surface area (Å²) in [5.74, 6) is 1.98. The van der Waals surface area contributed by atoms with E-state index in [4.69, 9.17) is 0 Å². The zero-order valence-corrected chi connectivity index (χ0v) is 14.1. The van der Waals surface area contributed by atoms with Crippen LogP contribution in [0.2, 0.25) is 0 Å². The molecule has 0 aliphatic heterocycles. The summed E-state index contributed by atoms with van der Waals surface area (Å²) >= 11 is 5.59. The lowest BCUT2D eigenvalue weighted by atomic mass is 9.81. The average Bonchev–Trinajstić information content (AvgIpc) is 2.20. The average molecular weight is 310 g/mol. The Morgan fingerprint density at radius 1 is 1.31 bits per heavy atom. The third kappa shape index (κ3) is 6.51. The lowest BCUT2D eigenvalue weighted by Crippen LogP contribution is -2.39. The standard InChI is InChI=1S/C13H28BrNS/c1-11(7-8-16-6)15(5)10-12(9-14)13(2,3)4/h11-12H,7-10H2,1-6H3. The van der Waals surface area contributed by atoms with Crippen molar-refractivity contribution in [3.05, 3.63) is 0 Å². The summed E-state index contributed by atoms with van der Waals surface area (Å²) in [7, 11) is 2.26. The molecule has 0 bridgehead atoms. The van der Waals surface area contributed by atoms with Crippen LogP contribution >= 0.6 is 27.7 Å². The van der Waals surface area contributed by atoms with Crippen LogP contribution in [-0.4, -0.2) is 41.9 Å². The smallest absolute Gasteiger partial charge is 0.00768 e. The van der Waals surface area contributed by atoms with Crippen molar-refractivity contribution in [2.75, 3.05) is 30.9 Å². The fraction of sp³-hybridized carbons (Fsp3) is 1.00. The van der Waals surface area contributed by atoms with Crippen LogP contribution in [0.5, 0.6) is 0 Å². The molecule has 1 nitrogen and oxygen atoms in total. The molecule has 0 spiro atoms. The minimum absolute atomic E-state index is 0.386. The highest BCUT2D eigenvalue weighted by Gasteiger charge is 2.25. The molecular weight excluding hydrogens is 282 g/mol. The van der Waals surface area contributed by atoms with E-state index in [-0.39, 0.29) is 0 Å².